The molecule has 1 aromatic rings. The second-order valence-corrected chi connectivity index (χ2v) is 6.60. The molecule has 0 amide bonds. The number of rotatable bonds is 5. The molecule has 0 aliphatic heterocycles. The number of hydrogen-bond acceptors (Lipinski definition) is 3. The van der Waals surface area contributed by atoms with Gasteiger partial charge in [0, 0.05) is 11.3 Å². The quantitative estimate of drug-likeness (QED) is 0.869. The largest absolute Gasteiger partial charge is 0.319 e. The van der Waals surface area contributed by atoms with Crippen molar-refractivity contribution in [2.45, 2.75) is 46.0 Å². The van der Waals surface area contributed by atoms with Crippen LogP contribution in [0.5, 0.6) is 0 Å². The summed E-state index contributed by atoms with van der Waals surface area (Å²) in [5.41, 5.74) is 1.22. The highest BCUT2D eigenvalue weighted by molar-refractivity contribution is 7.11. The van der Waals surface area contributed by atoms with Crippen LogP contribution in [0.2, 0.25) is 0 Å². The molecule has 0 radical (unpaired) electrons. The summed E-state index contributed by atoms with van der Waals surface area (Å²) in [6.45, 7) is 5.44. The Kier molecular flexibility index (Phi) is 4.57. The summed E-state index contributed by atoms with van der Waals surface area (Å²) in [5, 5.41) is 4.70. The van der Waals surface area contributed by atoms with E-state index >= 15 is 0 Å². The zero-order valence-corrected chi connectivity index (χ0v) is 12.1. The van der Waals surface area contributed by atoms with Gasteiger partial charge in [0.15, 0.2) is 0 Å². The smallest absolute Gasteiger partial charge is 0.0934 e. The zero-order valence-electron chi connectivity index (χ0n) is 11.3. The van der Waals surface area contributed by atoms with Crippen molar-refractivity contribution in [3.05, 3.63) is 15.6 Å². The van der Waals surface area contributed by atoms with E-state index in [9.17, 15) is 0 Å². The van der Waals surface area contributed by atoms with Crippen molar-refractivity contribution in [1.29, 1.82) is 0 Å². The van der Waals surface area contributed by atoms with E-state index in [2.05, 4.69) is 26.2 Å². The van der Waals surface area contributed by atoms with Gasteiger partial charge >= 0.3 is 0 Å². The standard InChI is InChI=1S/C14H24N2S/c1-10-11(2)17-14(16-10)8-13(9-15-3)12-6-4-5-7-12/h12-13,15H,4-9H2,1-3H3. The number of nitrogens with one attached hydrogen (secondary N) is 1. The minimum atomic E-state index is 0.785. The molecule has 1 unspecified atom stereocenters. The Morgan fingerprint density at radius 1 is 1.35 bits per heavy atom. The molecule has 0 spiro atoms. The summed E-state index contributed by atoms with van der Waals surface area (Å²) in [4.78, 5) is 6.08. The van der Waals surface area contributed by atoms with E-state index in [-0.39, 0.29) is 0 Å². The van der Waals surface area contributed by atoms with Crippen molar-refractivity contribution < 1.29 is 0 Å². The molecule has 2 rings (SSSR count). The van der Waals surface area contributed by atoms with E-state index in [4.69, 9.17) is 4.98 Å². The molecular weight excluding hydrogens is 228 g/mol. The van der Waals surface area contributed by atoms with Crippen molar-refractivity contribution in [2.75, 3.05) is 13.6 Å². The maximum atomic E-state index is 4.69. The van der Waals surface area contributed by atoms with Gasteiger partial charge in [0.1, 0.15) is 0 Å². The lowest BCUT2D eigenvalue weighted by Gasteiger charge is -2.22. The molecule has 0 bridgehead atoms. The Morgan fingerprint density at radius 2 is 2.06 bits per heavy atom. The maximum absolute atomic E-state index is 4.69. The summed E-state index contributed by atoms with van der Waals surface area (Å²) in [6.07, 6.45) is 6.89. The van der Waals surface area contributed by atoms with Gasteiger partial charge in [0.2, 0.25) is 0 Å². The third kappa shape index (κ3) is 3.29. The SMILES string of the molecule is CNCC(Cc1nc(C)c(C)s1)C1CCCC1. The van der Waals surface area contributed by atoms with Crippen LogP contribution in [0.1, 0.15) is 41.3 Å². The van der Waals surface area contributed by atoms with Crippen LogP contribution < -0.4 is 5.32 Å². The molecule has 1 aliphatic rings. The second-order valence-electron chi connectivity index (χ2n) is 5.32. The zero-order chi connectivity index (χ0) is 12.3. The lowest BCUT2D eigenvalue weighted by molar-refractivity contribution is 0.328. The first-order chi connectivity index (χ1) is 8.20. The highest BCUT2D eigenvalue weighted by Gasteiger charge is 2.25. The number of thiazole rings is 1. The molecule has 1 fully saturated rings. The van der Waals surface area contributed by atoms with Crippen LogP contribution in [-0.4, -0.2) is 18.6 Å². The summed E-state index contributed by atoms with van der Waals surface area (Å²) in [5.74, 6) is 1.71. The normalized spacial score (nSPS) is 18.8. The highest BCUT2D eigenvalue weighted by atomic mass is 32.1. The molecule has 1 aliphatic carbocycles. The molecule has 1 saturated carbocycles. The molecule has 2 nitrogen and oxygen atoms in total. The number of hydrogen-bond donors (Lipinski definition) is 1. The fraction of sp³-hybridized carbons (Fsp3) is 0.786. The summed E-state index contributed by atoms with van der Waals surface area (Å²) in [6, 6.07) is 0. The molecule has 0 saturated heterocycles. The number of aromatic nitrogens is 1. The molecule has 17 heavy (non-hydrogen) atoms. The van der Waals surface area contributed by atoms with Crippen molar-refractivity contribution in [1.82, 2.24) is 10.3 Å². The van der Waals surface area contributed by atoms with Gasteiger partial charge in [0.25, 0.3) is 0 Å². The lowest BCUT2D eigenvalue weighted by Crippen LogP contribution is -2.26. The van der Waals surface area contributed by atoms with Gasteiger partial charge in [-0.3, -0.25) is 0 Å². The molecule has 3 heteroatoms. The number of nitrogens with zero attached hydrogens (tertiary/aromatic N) is 1. The van der Waals surface area contributed by atoms with Crippen LogP contribution in [-0.2, 0) is 6.42 Å². The number of aryl methyl sites for hydroxylation is 2. The van der Waals surface area contributed by atoms with Crippen LogP contribution in [0.4, 0.5) is 0 Å². The van der Waals surface area contributed by atoms with Gasteiger partial charge in [-0.2, -0.15) is 0 Å². The van der Waals surface area contributed by atoms with Crippen molar-refractivity contribution in [2.24, 2.45) is 11.8 Å². The predicted octanol–water partition coefficient (Wildman–Crippen LogP) is 3.33. The first kappa shape index (κ1) is 13.0. The first-order valence-electron chi connectivity index (χ1n) is 6.78. The van der Waals surface area contributed by atoms with Gasteiger partial charge in [-0.1, -0.05) is 25.7 Å². The second kappa shape index (κ2) is 5.96. The summed E-state index contributed by atoms with van der Waals surface area (Å²) in [7, 11) is 2.07. The van der Waals surface area contributed by atoms with Gasteiger partial charge in [0.05, 0.1) is 10.7 Å². The van der Waals surface area contributed by atoms with E-state index in [0.29, 0.717) is 0 Å². The van der Waals surface area contributed by atoms with Crippen LogP contribution in [0.25, 0.3) is 0 Å². The molecule has 1 N–H and O–H groups in total. The van der Waals surface area contributed by atoms with E-state index in [0.717, 1.165) is 18.4 Å². The van der Waals surface area contributed by atoms with Crippen molar-refractivity contribution >= 4 is 11.3 Å². The minimum absolute atomic E-state index is 0.785. The van der Waals surface area contributed by atoms with E-state index < -0.39 is 0 Å². The van der Waals surface area contributed by atoms with Gasteiger partial charge in [-0.25, -0.2) is 4.98 Å². The molecule has 1 heterocycles. The van der Waals surface area contributed by atoms with E-state index in [1.54, 1.807) is 0 Å². The minimum Gasteiger partial charge on any atom is -0.319 e. The van der Waals surface area contributed by atoms with E-state index in [1.165, 1.54) is 47.7 Å². The predicted molar refractivity (Wildman–Crippen MR) is 74.7 cm³/mol. The van der Waals surface area contributed by atoms with Gasteiger partial charge in [-0.15, -0.1) is 11.3 Å². The molecule has 96 valence electrons. The van der Waals surface area contributed by atoms with Gasteiger partial charge < -0.3 is 5.32 Å². The topological polar surface area (TPSA) is 24.9 Å². The van der Waals surface area contributed by atoms with E-state index in [1.807, 2.05) is 11.3 Å². The lowest BCUT2D eigenvalue weighted by atomic mass is 9.88. The van der Waals surface area contributed by atoms with Crippen LogP contribution in [0.3, 0.4) is 0 Å². The fourth-order valence-electron chi connectivity index (χ4n) is 2.95. The Morgan fingerprint density at radius 3 is 2.59 bits per heavy atom. The highest BCUT2D eigenvalue weighted by Crippen LogP contribution is 2.33. The average Bonchev–Trinajstić information content (AvgIpc) is 2.89. The van der Waals surface area contributed by atoms with Crippen LogP contribution in [0.15, 0.2) is 0 Å². The maximum Gasteiger partial charge on any atom is 0.0934 e. The summed E-state index contributed by atoms with van der Waals surface area (Å²) >= 11 is 1.89. The Balaban J connectivity index is 2.01. The molecular formula is C14H24N2S. The summed E-state index contributed by atoms with van der Waals surface area (Å²) < 4.78 is 0. The van der Waals surface area contributed by atoms with Crippen molar-refractivity contribution in [3.8, 4) is 0 Å². The molecule has 1 atom stereocenters. The Labute approximate surface area is 109 Å². The van der Waals surface area contributed by atoms with Crippen LogP contribution >= 0.6 is 11.3 Å². The third-order valence-corrected chi connectivity index (χ3v) is 5.14. The first-order valence-corrected chi connectivity index (χ1v) is 7.60. The van der Waals surface area contributed by atoms with Crippen LogP contribution in [0, 0.1) is 25.7 Å². The molecule has 0 aromatic carbocycles. The van der Waals surface area contributed by atoms with Gasteiger partial charge in [-0.05, 0) is 39.3 Å². The fourth-order valence-corrected chi connectivity index (χ4v) is 3.97. The Hall–Kier alpha value is -0.410. The average molecular weight is 252 g/mol. The van der Waals surface area contributed by atoms with Crippen molar-refractivity contribution in [3.63, 3.8) is 0 Å². The Bertz CT molecular complexity index is 334. The molecule has 1 aromatic heterocycles. The monoisotopic (exact) mass is 252 g/mol. The third-order valence-electron chi connectivity index (χ3n) is 4.04.